The minimum Gasteiger partial charge on any atom is -0.451 e. The summed E-state index contributed by atoms with van der Waals surface area (Å²) in [5.41, 5.74) is 7.82. The number of benzene rings is 2. The van der Waals surface area contributed by atoms with Gasteiger partial charge in [0.15, 0.2) is 5.76 Å². The van der Waals surface area contributed by atoms with Crippen LogP contribution < -0.4 is 11.1 Å². The summed E-state index contributed by atoms with van der Waals surface area (Å²) in [6, 6.07) is 16.6. The lowest BCUT2D eigenvalue weighted by molar-refractivity contribution is 0.0924. The molecule has 4 nitrogen and oxygen atoms in total. The lowest BCUT2D eigenvalue weighted by Crippen LogP contribution is -2.22. The molecule has 0 unspecified atom stereocenters. The number of anilines is 1. The van der Waals surface area contributed by atoms with Crippen molar-refractivity contribution in [3.8, 4) is 11.3 Å². The van der Waals surface area contributed by atoms with Crippen molar-refractivity contribution in [1.29, 1.82) is 0 Å². The summed E-state index contributed by atoms with van der Waals surface area (Å²) in [7, 11) is 0. The predicted octanol–water partition coefficient (Wildman–Crippen LogP) is 3.60. The van der Waals surface area contributed by atoms with Crippen molar-refractivity contribution in [2.45, 2.75) is 6.54 Å². The molecule has 0 spiro atoms. The van der Waals surface area contributed by atoms with Crippen LogP contribution in [0.25, 0.3) is 11.3 Å². The summed E-state index contributed by atoms with van der Waals surface area (Å²) in [6.07, 6.45) is 0. The van der Waals surface area contributed by atoms with Gasteiger partial charge in [0.05, 0.1) is 0 Å². The first kappa shape index (κ1) is 14.8. The number of hydrogen-bond donors (Lipinski definition) is 2. The zero-order chi connectivity index (χ0) is 16.2. The quantitative estimate of drug-likeness (QED) is 0.723. The van der Waals surface area contributed by atoms with E-state index in [0.29, 0.717) is 17.0 Å². The summed E-state index contributed by atoms with van der Waals surface area (Å²) in [5, 5.41) is 2.70. The highest BCUT2D eigenvalue weighted by atomic mass is 19.1. The number of furan rings is 1. The molecule has 0 radical (unpaired) electrons. The Bertz CT molecular complexity index is 825. The van der Waals surface area contributed by atoms with E-state index in [1.165, 1.54) is 12.1 Å². The fourth-order valence-corrected chi connectivity index (χ4v) is 2.18. The Labute approximate surface area is 132 Å². The molecule has 0 aliphatic carbocycles. The van der Waals surface area contributed by atoms with Crippen LogP contribution >= 0.6 is 0 Å². The number of nitrogens with one attached hydrogen (secondary N) is 1. The van der Waals surface area contributed by atoms with Gasteiger partial charge in [-0.2, -0.15) is 0 Å². The molecule has 23 heavy (non-hydrogen) atoms. The van der Waals surface area contributed by atoms with Crippen LogP contribution in [0, 0.1) is 5.82 Å². The van der Waals surface area contributed by atoms with E-state index in [0.717, 1.165) is 5.56 Å². The Hall–Kier alpha value is -3.08. The predicted molar refractivity (Wildman–Crippen MR) is 86.1 cm³/mol. The molecule has 5 heteroatoms. The van der Waals surface area contributed by atoms with E-state index in [1.54, 1.807) is 36.4 Å². The molecule has 0 aliphatic heterocycles. The highest BCUT2D eigenvalue weighted by molar-refractivity contribution is 5.92. The van der Waals surface area contributed by atoms with Crippen molar-refractivity contribution >= 4 is 11.6 Å². The van der Waals surface area contributed by atoms with Crippen LogP contribution in [0.2, 0.25) is 0 Å². The van der Waals surface area contributed by atoms with Gasteiger partial charge < -0.3 is 15.5 Å². The smallest absolute Gasteiger partial charge is 0.287 e. The highest BCUT2D eigenvalue weighted by Gasteiger charge is 2.12. The van der Waals surface area contributed by atoms with Crippen molar-refractivity contribution in [3.05, 3.63) is 77.8 Å². The first-order chi connectivity index (χ1) is 11.1. The first-order valence-electron chi connectivity index (χ1n) is 7.10. The molecule has 0 saturated carbocycles. The number of carbonyl (C=O) groups excluding carboxylic acids is 1. The average Bonchev–Trinajstić information content (AvgIpc) is 3.03. The molecule has 3 N–H and O–H groups in total. The molecular formula is C18H15FN2O2. The number of amides is 1. The topological polar surface area (TPSA) is 68.3 Å². The molecule has 0 saturated heterocycles. The van der Waals surface area contributed by atoms with E-state index >= 15 is 0 Å². The molecular weight excluding hydrogens is 295 g/mol. The first-order valence-corrected chi connectivity index (χ1v) is 7.10. The fraction of sp³-hybridized carbons (Fsp3) is 0.0556. The van der Waals surface area contributed by atoms with Crippen LogP contribution in [-0.2, 0) is 6.54 Å². The molecule has 0 fully saturated rings. The Morgan fingerprint density at radius 3 is 2.61 bits per heavy atom. The Kier molecular flexibility index (Phi) is 4.10. The Balaban J connectivity index is 1.67. The lowest BCUT2D eigenvalue weighted by atomic mass is 10.1. The standard InChI is InChI=1S/C18H15FN2O2/c19-14-3-1-2-12(10-14)11-21-18(22)17-9-8-16(23-17)13-4-6-15(20)7-5-13/h1-10H,11,20H2,(H,21,22). The Morgan fingerprint density at radius 1 is 1.09 bits per heavy atom. The lowest BCUT2D eigenvalue weighted by Gasteiger charge is -2.03. The molecule has 1 heterocycles. The number of hydrogen-bond acceptors (Lipinski definition) is 3. The van der Waals surface area contributed by atoms with E-state index < -0.39 is 0 Å². The van der Waals surface area contributed by atoms with E-state index in [2.05, 4.69) is 5.32 Å². The van der Waals surface area contributed by atoms with Crippen LogP contribution in [0.15, 0.2) is 65.1 Å². The van der Waals surface area contributed by atoms with Crippen LogP contribution in [0.5, 0.6) is 0 Å². The van der Waals surface area contributed by atoms with Gasteiger partial charge in [0.2, 0.25) is 0 Å². The molecule has 1 amide bonds. The summed E-state index contributed by atoms with van der Waals surface area (Å²) in [4.78, 5) is 12.1. The number of rotatable bonds is 4. The number of carbonyl (C=O) groups is 1. The molecule has 0 aliphatic rings. The third-order valence-corrected chi connectivity index (χ3v) is 3.37. The van der Waals surface area contributed by atoms with Crippen molar-refractivity contribution in [3.63, 3.8) is 0 Å². The van der Waals surface area contributed by atoms with Gasteiger partial charge in [0.25, 0.3) is 5.91 Å². The van der Waals surface area contributed by atoms with Crippen LogP contribution in [0.4, 0.5) is 10.1 Å². The van der Waals surface area contributed by atoms with Gasteiger partial charge in [-0.15, -0.1) is 0 Å². The van der Waals surface area contributed by atoms with Crippen LogP contribution in [-0.4, -0.2) is 5.91 Å². The molecule has 1 aromatic heterocycles. The fourth-order valence-electron chi connectivity index (χ4n) is 2.18. The van der Waals surface area contributed by atoms with Gasteiger partial charge in [0.1, 0.15) is 11.6 Å². The molecule has 3 aromatic rings. The number of halogens is 1. The largest absolute Gasteiger partial charge is 0.451 e. The summed E-state index contributed by atoms with van der Waals surface area (Å²) < 4.78 is 18.7. The Morgan fingerprint density at radius 2 is 1.87 bits per heavy atom. The SMILES string of the molecule is Nc1ccc(-c2ccc(C(=O)NCc3cccc(F)c3)o2)cc1. The zero-order valence-electron chi connectivity index (χ0n) is 12.3. The average molecular weight is 310 g/mol. The summed E-state index contributed by atoms with van der Waals surface area (Å²) in [6.45, 7) is 0.231. The van der Waals surface area contributed by atoms with Gasteiger partial charge in [-0.1, -0.05) is 12.1 Å². The normalized spacial score (nSPS) is 10.5. The monoisotopic (exact) mass is 310 g/mol. The van der Waals surface area contributed by atoms with Gasteiger partial charge in [-0.3, -0.25) is 4.79 Å². The molecule has 2 aromatic carbocycles. The molecule has 0 atom stereocenters. The highest BCUT2D eigenvalue weighted by Crippen LogP contribution is 2.23. The maximum absolute atomic E-state index is 13.1. The van der Waals surface area contributed by atoms with E-state index in [1.807, 2.05) is 12.1 Å². The zero-order valence-corrected chi connectivity index (χ0v) is 12.3. The summed E-state index contributed by atoms with van der Waals surface area (Å²) >= 11 is 0. The number of nitrogen functional groups attached to an aromatic ring is 1. The second-order valence-corrected chi connectivity index (χ2v) is 5.10. The minimum atomic E-state index is -0.351. The molecule has 0 bridgehead atoms. The van der Waals surface area contributed by atoms with Crippen LogP contribution in [0.3, 0.4) is 0 Å². The third kappa shape index (κ3) is 3.58. The van der Waals surface area contributed by atoms with Crippen molar-refractivity contribution in [1.82, 2.24) is 5.32 Å². The van der Waals surface area contributed by atoms with Gasteiger partial charge >= 0.3 is 0 Å². The van der Waals surface area contributed by atoms with E-state index in [9.17, 15) is 9.18 Å². The third-order valence-electron chi connectivity index (χ3n) is 3.37. The van der Waals surface area contributed by atoms with Gasteiger partial charge in [-0.25, -0.2) is 4.39 Å². The maximum Gasteiger partial charge on any atom is 0.287 e. The molecule has 116 valence electrons. The maximum atomic E-state index is 13.1. The second-order valence-electron chi connectivity index (χ2n) is 5.10. The second kappa shape index (κ2) is 6.36. The number of nitrogens with two attached hydrogens (primary N) is 1. The molecule has 3 rings (SSSR count). The van der Waals surface area contributed by atoms with E-state index in [-0.39, 0.29) is 24.0 Å². The van der Waals surface area contributed by atoms with Crippen molar-refractivity contribution < 1.29 is 13.6 Å². The van der Waals surface area contributed by atoms with Gasteiger partial charge in [0, 0.05) is 17.8 Å². The minimum absolute atomic E-state index is 0.202. The van der Waals surface area contributed by atoms with Crippen molar-refractivity contribution in [2.75, 3.05) is 5.73 Å². The van der Waals surface area contributed by atoms with E-state index in [4.69, 9.17) is 10.2 Å². The van der Waals surface area contributed by atoms with Gasteiger partial charge in [-0.05, 0) is 54.1 Å². The van der Waals surface area contributed by atoms with Crippen LogP contribution in [0.1, 0.15) is 16.1 Å². The van der Waals surface area contributed by atoms with Crippen molar-refractivity contribution in [2.24, 2.45) is 0 Å². The summed E-state index contributed by atoms with van der Waals surface area (Å²) in [5.74, 6) is 0.102.